The normalized spacial score (nSPS) is 18.2. The first-order valence-electron chi connectivity index (χ1n) is 20.5. The van der Waals surface area contributed by atoms with E-state index in [9.17, 15) is 0 Å². The zero-order valence-corrected chi connectivity index (χ0v) is 56.5. The van der Waals surface area contributed by atoms with Crippen LogP contribution in [0.2, 0.25) is 0 Å². The van der Waals surface area contributed by atoms with Gasteiger partial charge in [0.2, 0.25) is 0 Å². The van der Waals surface area contributed by atoms with Crippen LogP contribution < -0.4 is 48.0 Å². The van der Waals surface area contributed by atoms with Crippen molar-refractivity contribution in [3.05, 3.63) is 0 Å². The first kappa shape index (κ1) is 72.7. The Morgan fingerprint density at radius 1 is 0.263 bits per heavy atom. The van der Waals surface area contributed by atoms with Gasteiger partial charge >= 0.3 is 0 Å². The molecule has 57 heavy (non-hydrogen) atoms. The van der Waals surface area contributed by atoms with Gasteiger partial charge in [-0.2, -0.15) is 0 Å². The third-order valence-corrected chi connectivity index (χ3v) is 200. The highest BCUT2D eigenvalue weighted by Crippen LogP contribution is 2.66. The van der Waals surface area contributed by atoms with Gasteiger partial charge < -0.3 is 56.9 Å². The summed E-state index contributed by atoms with van der Waals surface area (Å²) in [5, 5.41) is 0.194. The number of halogens is 16. The molecule has 0 atom stereocenters. The van der Waals surface area contributed by atoms with E-state index in [4.69, 9.17) is 156 Å². The van der Waals surface area contributed by atoms with E-state index >= 15 is 0 Å². The summed E-state index contributed by atoms with van der Waals surface area (Å²) in [7, 11) is 0. The number of quaternary nitrogens is 2. The standard InChI is InChI=1S/2C16H36N.CH2Cl2.Cl12Si6.2HI/c2*1-5-9-13-17(14-10-6-2,15-11-7-3)16-12-8-4;2-1-3;1-13(2)14(3,4)16(7,8)18(11,12)17(9,10)15(13,5)6;;/h2*5-16H2,1-4H3;1H2;;2*1H/q2*+1;;;;/p-2. The number of hydrogen-bond donors (Lipinski definition) is 0. The third-order valence-electron chi connectivity index (χ3n) is 10.3. The van der Waals surface area contributed by atoms with E-state index in [1.165, 1.54) is 164 Å². The molecule has 0 aromatic carbocycles. The number of nitrogens with zero attached hydrogens (tertiary/aromatic N) is 2. The van der Waals surface area contributed by atoms with E-state index in [1.807, 2.05) is 0 Å². The fourth-order valence-electron chi connectivity index (χ4n) is 6.47. The molecule has 0 saturated carbocycles. The van der Waals surface area contributed by atoms with Gasteiger partial charge in [-0.1, -0.05) is 107 Å². The van der Waals surface area contributed by atoms with Crippen LogP contribution in [-0.4, -0.2) is 101 Å². The van der Waals surface area contributed by atoms with Crippen molar-refractivity contribution in [2.75, 3.05) is 57.7 Å². The predicted octanol–water partition coefficient (Wildman–Crippen LogP) is 11.4. The van der Waals surface area contributed by atoms with Crippen molar-refractivity contribution in [3.8, 4) is 0 Å². The smallest absolute Gasteiger partial charge is 0.295 e. The Hall–Kier alpha value is 6.74. The van der Waals surface area contributed by atoms with E-state index in [1.54, 1.807) is 0 Å². The largest absolute Gasteiger partial charge is 1.00 e. The molecule has 0 aliphatic carbocycles. The average Bonchev–Trinajstić information content (AvgIpc) is 3.13. The Kier molecular flexibility index (Phi) is 48.0. The van der Waals surface area contributed by atoms with Crippen molar-refractivity contribution in [2.45, 2.75) is 158 Å². The minimum Gasteiger partial charge on any atom is -1.00 e. The zero-order chi connectivity index (χ0) is 43.7. The molecule has 24 heteroatoms. The fourth-order valence-corrected chi connectivity index (χ4v) is 293. The van der Waals surface area contributed by atoms with Gasteiger partial charge in [0.1, 0.15) is 0 Å². The van der Waals surface area contributed by atoms with E-state index in [-0.39, 0.29) is 53.3 Å². The molecule has 0 aromatic rings. The van der Waals surface area contributed by atoms with Crippen molar-refractivity contribution in [1.82, 2.24) is 0 Å². The summed E-state index contributed by atoms with van der Waals surface area (Å²) in [5.41, 5.74) is -22.0. The van der Waals surface area contributed by atoms with Crippen molar-refractivity contribution in [1.29, 1.82) is 0 Å². The first-order valence-corrected chi connectivity index (χ1v) is 51.7. The topological polar surface area (TPSA) is 0 Å². The highest BCUT2D eigenvalue weighted by molar-refractivity contribution is 8.52. The lowest BCUT2D eigenvalue weighted by molar-refractivity contribution is -0.929. The second kappa shape index (κ2) is 37.6. The molecule has 1 heterocycles. The molecule has 1 rings (SSSR count). The van der Waals surface area contributed by atoms with E-state index in [0.29, 0.717) is 0 Å². The summed E-state index contributed by atoms with van der Waals surface area (Å²) < 4.78 is 2.84. The van der Waals surface area contributed by atoms with Gasteiger partial charge in [0.25, 0.3) is 34.4 Å². The number of hydrogen-bond acceptors (Lipinski definition) is 0. The molecule has 1 saturated heterocycles. The highest BCUT2D eigenvalue weighted by atomic mass is 127. The van der Waals surface area contributed by atoms with Gasteiger partial charge in [0.15, 0.2) is 0 Å². The Morgan fingerprint density at radius 2 is 0.351 bits per heavy atom. The van der Waals surface area contributed by atoms with Crippen LogP contribution in [-0.2, 0) is 0 Å². The van der Waals surface area contributed by atoms with Gasteiger partial charge in [-0.25, -0.2) is 0 Å². The Morgan fingerprint density at radius 3 is 0.421 bits per heavy atom. The van der Waals surface area contributed by atoms with Crippen molar-refractivity contribution >= 4 is 191 Å². The summed E-state index contributed by atoms with van der Waals surface area (Å²) in [6.45, 7) is 30.0. The second-order valence-electron chi connectivity index (χ2n) is 14.8. The Labute approximate surface area is 456 Å². The molecule has 0 aromatic heterocycles. The van der Waals surface area contributed by atoms with E-state index in [0.717, 1.165) is 0 Å². The van der Waals surface area contributed by atoms with E-state index in [2.05, 4.69) is 55.4 Å². The van der Waals surface area contributed by atoms with Gasteiger partial charge in [-0.05, 0) is 51.4 Å². The highest BCUT2D eigenvalue weighted by Gasteiger charge is 2.95. The molecule has 0 bridgehead atoms. The maximum absolute atomic E-state index is 6.29. The molecule has 0 amide bonds. The summed E-state index contributed by atoms with van der Waals surface area (Å²) in [4.78, 5) is 0. The van der Waals surface area contributed by atoms with Gasteiger partial charge in [-0.3, -0.25) is 0 Å². The van der Waals surface area contributed by atoms with Crippen LogP contribution >= 0.6 is 156 Å². The fraction of sp³-hybridized carbons (Fsp3) is 1.00. The zero-order valence-electron chi connectivity index (χ0n) is 35.6. The molecule has 1 fully saturated rings. The monoisotopic (exact) mass is 1410 g/mol. The predicted molar refractivity (Wildman–Crippen MR) is 280 cm³/mol. The van der Waals surface area contributed by atoms with Crippen LogP contribution in [0.1, 0.15) is 158 Å². The minimum atomic E-state index is -3.66. The summed E-state index contributed by atoms with van der Waals surface area (Å²) in [5.74, 6) is 0. The summed E-state index contributed by atoms with van der Waals surface area (Å²) in [6, 6.07) is 0. The van der Waals surface area contributed by atoms with Gasteiger partial charge in [0.05, 0.1) is 57.7 Å². The molecule has 0 radical (unpaired) electrons. The molecule has 0 spiro atoms. The van der Waals surface area contributed by atoms with Crippen molar-refractivity contribution in [3.63, 3.8) is 0 Å². The molecule has 352 valence electrons. The lowest BCUT2D eigenvalue weighted by Crippen LogP contribution is -3.00. The Balaban J connectivity index is -0.000000225. The number of rotatable bonds is 24. The van der Waals surface area contributed by atoms with Crippen LogP contribution in [0.25, 0.3) is 0 Å². The lowest BCUT2D eigenvalue weighted by Gasteiger charge is -2.54. The maximum Gasteiger partial charge on any atom is 0.295 e. The quantitative estimate of drug-likeness (QED) is 0.0297. The number of unbranched alkanes of at least 4 members (excludes halogenated alkanes) is 8. The minimum absolute atomic E-state index is 0. The van der Waals surface area contributed by atoms with Crippen LogP contribution in [0.3, 0.4) is 0 Å². The van der Waals surface area contributed by atoms with Crippen LogP contribution in [0.4, 0.5) is 0 Å². The second-order valence-corrected chi connectivity index (χ2v) is 105. The summed E-state index contributed by atoms with van der Waals surface area (Å²) >= 11 is 85.0. The average molecular weight is 1420 g/mol. The lowest BCUT2D eigenvalue weighted by atomic mass is 10.1. The molecule has 2 nitrogen and oxygen atoms in total. The maximum atomic E-state index is 6.29. The van der Waals surface area contributed by atoms with Gasteiger partial charge in [-0.15, -0.1) is 156 Å². The summed E-state index contributed by atoms with van der Waals surface area (Å²) in [6.07, 6.45) is 22.1. The third kappa shape index (κ3) is 22.8. The Bertz CT molecular complexity index is 741. The van der Waals surface area contributed by atoms with Crippen molar-refractivity contribution in [2.24, 2.45) is 0 Å². The molecule has 0 N–H and O–H groups in total. The molecule has 1 aliphatic rings. The van der Waals surface area contributed by atoms with Gasteiger partial charge in [0, 0.05) is 0 Å². The first-order chi connectivity index (χ1) is 25.4. The molecule has 0 unspecified atom stereocenters. The van der Waals surface area contributed by atoms with Crippen molar-refractivity contribution < 1.29 is 56.9 Å². The van der Waals surface area contributed by atoms with Crippen LogP contribution in [0.5, 0.6) is 0 Å². The SMILES string of the molecule is CCCC[N+](CCCC)(CCCC)CCCC.CCCC[N+](CCCC)(CCCC)CCCC.ClCCl.Cl[Si]1(Cl)[Si](Cl)(Cl)[Si](Cl)(Cl)[Si](Cl)(Cl)[Si](Cl)(Cl)[Si]1(Cl)Cl.[I-].[I-]. The molecule has 1 aliphatic heterocycles. The van der Waals surface area contributed by atoms with E-state index < -0.39 is 34.4 Å². The molecular weight excluding hydrogens is 1340 g/mol. The molecular formula is C33H74Cl14I2N2Si6. The number of alkyl halides is 2. The van der Waals surface area contributed by atoms with Crippen LogP contribution in [0, 0.1) is 0 Å². The van der Waals surface area contributed by atoms with Crippen LogP contribution in [0.15, 0.2) is 0 Å².